The van der Waals surface area contributed by atoms with Crippen molar-refractivity contribution in [3.05, 3.63) is 53.9 Å². The van der Waals surface area contributed by atoms with Crippen LogP contribution in [0, 0.1) is 0 Å². The molecule has 3 rings (SSSR count). The maximum absolute atomic E-state index is 12.2. The largest absolute Gasteiger partial charge is 0.397 e. The molecule has 6 heteroatoms. The molecule has 1 aromatic heterocycles. The fourth-order valence-electron chi connectivity index (χ4n) is 2.98. The molecule has 0 saturated heterocycles. The maximum atomic E-state index is 12.2. The highest BCUT2D eigenvalue weighted by atomic mass is 16.2. The third kappa shape index (κ3) is 4.15. The highest BCUT2D eigenvalue weighted by Crippen LogP contribution is 2.22. The van der Waals surface area contributed by atoms with E-state index in [-0.39, 0.29) is 11.8 Å². The third-order valence-corrected chi connectivity index (χ3v) is 4.35. The maximum Gasteiger partial charge on any atom is 0.254 e. The molecule has 6 nitrogen and oxygen atoms in total. The van der Waals surface area contributed by atoms with Crippen LogP contribution in [-0.4, -0.2) is 28.2 Å². The summed E-state index contributed by atoms with van der Waals surface area (Å²) in [7, 11) is 0. The van der Waals surface area contributed by atoms with Crippen LogP contribution < -0.4 is 11.1 Å². The van der Waals surface area contributed by atoms with Crippen LogP contribution in [-0.2, 0) is 11.3 Å². The summed E-state index contributed by atoms with van der Waals surface area (Å²) in [6.45, 7) is 1.34. The smallest absolute Gasteiger partial charge is 0.254 e. The first-order valence-electron chi connectivity index (χ1n) is 8.51. The first kappa shape index (κ1) is 17.0. The molecule has 1 aliphatic rings. The number of hydrogen-bond acceptors (Lipinski definition) is 4. The van der Waals surface area contributed by atoms with Crippen molar-refractivity contribution in [3.8, 4) is 0 Å². The van der Waals surface area contributed by atoms with Crippen molar-refractivity contribution >= 4 is 23.2 Å². The highest BCUT2D eigenvalue weighted by Gasteiger charge is 2.26. The van der Waals surface area contributed by atoms with E-state index in [0.29, 0.717) is 30.9 Å². The zero-order valence-corrected chi connectivity index (χ0v) is 14.1. The number of amides is 2. The minimum atomic E-state index is -0.0337. The molecule has 2 aromatic rings. The molecule has 0 radical (unpaired) electrons. The molecule has 0 fully saturated rings. The van der Waals surface area contributed by atoms with Gasteiger partial charge in [0.25, 0.3) is 5.91 Å². The van der Waals surface area contributed by atoms with E-state index in [0.717, 1.165) is 30.4 Å². The van der Waals surface area contributed by atoms with Crippen molar-refractivity contribution in [3.63, 3.8) is 0 Å². The number of benzene rings is 1. The average molecular weight is 338 g/mol. The van der Waals surface area contributed by atoms with Crippen molar-refractivity contribution in [1.29, 1.82) is 0 Å². The average Bonchev–Trinajstić information content (AvgIpc) is 2.93. The number of nitrogen functional groups attached to an aromatic ring is 1. The van der Waals surface area contributed by atoms with E-state index in [1.54, 1.807) is 30.6 Å². The molecule has 1 aliphatic heterocycles. The summed E-state index contributed by atoms with van der Waals surface area (Å²) >= 11 is 0. The lowest BCUT2D eigenvalue weighted by molar-refractivity contribution is -0.116. The molecular formula is C19H22N4O2. The van der Waals surface area contributed by atoms with Crippen molar-refractivity contribution in [1.82, 2.24) is 9.88 Å². The van der Waals surface area contributed by atoms with E-state index in [9.17, 15) is 9.59 Å². The lowest BCUT2D eigenvalue weighted by atomic mass is 10.1. The number of hydrogen-bond donors (Lipinski definition) is 2. The zero-order valence-electron chi connectivity index (χ0n) is 14.1. The van der Waals surface area contributed by atoms with Crippen LogP contribution in [0.25, 0.3) is 0 Å². The predicted octanol–water partition coefficient (Wildman–Crippen LogP) is 2.82. The molecule has 0 unspecified atom stereocenters. The first-order valence-corrected chi connectivity index (χ1v) is 8.51. The topological polar surface area (TPSA) is 88.3 Å². The van der Waals surface area contributed by atoms with E-state index >= 15 is 0 Å². The Labute approximate surface area is 147 Å². The highest BCUT2D eigenvalue weighted by molar-refractivity contribution is 5.98. The Hall–Kier alpha value is -2.89. The van der Waals surface area contributed by atoms with E-state index in [2.05, 4.69) is 10.3 Å². The van der Waals surface area contributed by atoms with Crippen LogP contribution in [0.2, 0.25) is 0 Å². The number of aromatic nitrogens is 1. The summed E-state index contributed by atoms with van der Waals surface area (Å²) in [5.74, 6) is 0.0447. The van der Waals surface area contributed by atoms with Crippen molar-refractivity contribution < 1.29 is 9.59 Å². The lowest BCUT2D eigenvalue weighted by Crippen LogP contribution is -2.25. The molecule has 1 aromatic carbocycles. The minimum absolute atomic E-state index is 0.0337. The summed E-state index contributed by atoms with van der Waals surface area (Å²) in [4.78, 5) is 30.1. The molecule has 3 N–H and O–H groups in total. The first-order chi connectivity index (χ1) is 12.1. The number of nitrogens with two attached hydrogens (primary N) is 1. The molecular weight excluding hydrogens is 316 g/mol. The quantitative estimate of drug-likeness (QED) is 0.600. The molecule has 0 saturated carbocycles. The number of pyridine rings is 1. The van der Waals surface area contributed by atoms with E-state index in [1.807, 2.05) is 17.0 Å². The monoisotopic (exact) mass is 338 g/mol. The molecule has 2 heterocycles. The van der Waals surface area contributed by atoms with Gasteiger partial charge >= 0.3 is 0 Å². The van der Waals surface area contributed by atoms with Gasteiger partial charge in [-0.05, 0) is 31.0 Å². The van der Waals surface area contributed by atoms with Gasteiger partial charge in [-0.3, -0.25) is 14.6 Å². The van der Waals surface area contributed by atoms with Gasteiger partial charge in [-0.15, -0.1) is 0 Å². The number of unbranched alkanes of at least 4 members (excludes halogenated alkanes) is 2. The van der Waals surface area contributed by atoms with Gasteiger partial charge in [-0.1, -0.05) is 18.6 Å². The van der Waals surface area contributed by atoms with Crippen LogP contribution in [0.1, 0.15) is 41.6 Å². The van der Waals surface area contributed by atoms with Crippen LogP contribution in [0.15, 0.2) is 42.7 Å². The Morgan fingerprint density at radius 2 is 2.04 bits per heavy atom. The third-order valence-electron chi connectivity index (χ3n) is 4.35. The minimum Gasteiger partial charge on any atom is -0.397 e. The summed E-state index contributed by atoms with van der Waals surface area (Å²) in [6.07, 6.45) is 6.43. The van der Waals surface area contributed by atoms with Gasteiger partial charge in [0.15, 0.2) is 0 Å². The summed E-state index contributed by atoms with van der Waals surface area (Å²) in [5, 5.41) is 2.83. The number of anilines is 2. The standard InChI is InChI=1S/C19H22N4O2/c20-16-6-3-4-7-17(16)22-18(24)8-2-1-5-11-23-13-14-12-21-10-9-15(14)19(23)25/h3-4,6-7,9-10,12H,1-2,5,8,11,13,20H2,(H,22,24). The Morgan fingerprint density at radius 3 is 2.84 bits per heavy atom. The molecule has 2 amide bonds. The Bertz CT molecular complexity index is 776. The lowest BCUT2D eigenvalue weighted by Gasteiger charge is -2.15. The number of para-hydroxylation sites is 2. The number of nitrogens with one attached hydrogen (secondary N) is 1. The SMILES string of the molecule is Nc1ccccc1NC(=O)CCCCCN1Cc2cnccc2C1=O. The fourth-order valence-corrected chi connectivity index (χ4v) is 2.98. The number of nitrogens with zero attached hydrogens (tertiary/aromatic N) is 2. The van der Waals surface area contributed by atoms with Gasteiger partial charge in [-0.2, -0.15) is 0 Å². The van der Waals surface area contributed by atoms with Gasteiger partial charge in [0.2, 0.25) is 5.91 Å². The second-order valence-electron chi connectivity index (χ2n) is 6.21. The second-order valence-corrected chi connectivity index (χ2v) is 6.21. The zero-order chi connectivity index (χ0) is 17.6. The molecule has 130 valence electrons. The Balaban J connectivity index is 1.35. The van der Waals surface area contributed by atoms with E-state index in [4.69, 9.17) is 5.73 Å². The van der Waals surface area contributed by atoms with E-state index < -0.39 is 0 Å². The van der Waals surface area contributed by atoms with Crippen molar-refractivity contribution in [2.24, 2.45) is 0 Å². The molecule has 0 bridgehead atoms. The number of carbonyl (C=O) groups excluding carboxylic acids is 2. The fraction of sp³-hybridized carbons (Fsp3) is 0.316. The van der Waals surface area contributed by atoms with Crippen molar-refractivity contribution in [2.45, 2.75) is 32.2 Å². The number of fused-ring (bicyclic) bond motifs is 1. The molecule has 25 heavy (non-hydrogen) atoms. The van der Waals surface area contributed by atoms with Gasteiger partial charge in [0.05, 0.1) is 11.4 Å². The van der Waals surface area contributed by atoms with Crippen LogP contribution >= 0.6 is 0 Å². The van der Waals surface area contributed by atoms with Gasteiger partial charge in [0, 0.05) is 43.0 Å². The van der Waals surface area contributed by atoms with Crippen LogP contribution in [0.5, 0.6) is 0 Å². The summed E-state index contributed by atoms with van der Waals surface area (Å²) < 4.78 is 0. The summed E-state index contributed by atoms with van der Waals surface area (Å²) in [5.41, 5.74) is 8.78. The Morgan fingerprint density at radius 1 is 1.20 bits per heavy atom. The van der Waals surface area contributed by atoms with E-state index in [1.165, 1.54) is 0 Å². The normalized spacial score (nSPS) is 13.0. The van der Waals surface area contributed by atoms with Gasteiger partial charge < -0.3 is 16.0 Å². The predicted molar refractivity (Wildman–Crippen MR) is 96.9 cm³/mol. The number of carbonyl (C=O) groups is 2. The Kier molecular flexibility index (Phi) is 5.28. The number of rotatable bonds is 7. The second kappa shape index (κ2) is 7.79. The van der Waals surface area contributed by atoms with Crippen molar-refractivity contribution in [2.75, 3.05) is 17.6 Å². The molecule has 0 spiro atoms. The van der Waals surface area contributed by atoms with Gasteiger partial charge in [0.1, 0.15) is 0 Å². The van der Waals surface area contributed by atoms with Crippen LogP contribution in [0.4, 0.5) is 11.4 Å². The molecule has 0 atom stereocenters. The summed E-state index contributed by atoms with van der Waals surface area (Å²) in [6, 6.07) is 9.00. The van der Waals surface area contributed by atoms with Gasteiger partial charge in [-0.25, -0.2) is 0 Å². The molecule has 0 aliphatic carbocycles. The van der Waals surface area contributed by atoms with Crippen LogP contribution in [0.3, 0.4) is 0 Å².